The first kappa shape index (κ1) is 62.2. The normalized spacial score (nSPS) is 22.1. The van der Waals surface area contributed by atoms with Crippen LogP contribution in [0.25, 0.3) is 0 Å². The van der Waals surface area contributed by atoms with Crippen molar-refractivity contribution in [3.8, 4) is 97.7 Å². The van der Waals surface area contributed by atoms with Crippen molar-refractivity contribution in [1.29, 1.82) is 0 Å². The Morgan fingerprint density at radius 3 is 1.08 bits per heavy atom. The predicted molar refractivity (Wildman–Crippen MR) is 294 cm³/mol. The highest BCUT2D eigenvalue weighted by Gasteiger charge is 2.38. The molecular formula is C60H54O27. The first-order valence-electron chi connectivity index (χ1n) is 25.7. The van der Waals surface area contributed by atoms with Gasteiger partial charge in [0.2, 0.25) is 17.3 Å². The van der Waals surface area contributed by atoms with Crippen LogP contribution in [-0.2, 0) is 44.9 Å². The molecule has 6 aromatic rings. The summed E-state index contributed by atoms with van der Waals surface area (Å²) in [6.07, 6.45) is -1.54. The summed E-state index contributed by atoms with van der Waals surface area (Å²) < 4.78 is 22.3. The smallest absolute Gasteiger partial charge is 0.267 e. The second-order valence-electron chi connectivity index (χ2n) is 20.2. The lowest BCUT2D eigenvalue weighted by molar-refractivity contribution is -0.133. The molecule has 12 rings (SSSR count). The molecule has 27 nitrogen and oxygen atoms in total. The monoisotopic (exact) mass is 1210 g/mol. The Morgan fingerprint density at radius 1 is 0.333 bits per heavy atom. The summed E-state index contributed by atoms with van der Waals surface area (Å²) in [6, 6.07) is 16.3. The van der Waals surface area contributed by atoms with Crippen molar-refractivity contribution >= 4 is 23.1 Å². The van der Waals surface area contributed by atoms with E-state index in [-0.39, 0.29) is 123 Å². The van der Waals surface area contributed by atoms with Gasteiger partial charge in [-0.25, -0.2) is 0 Å². The average Bonchev–Trinajstić information content (AvgIpc) is 1.32. The molecular weight excluding hydrogens is 1150 g/mol. The number of benzene rings is 6. The minimum absolute atomic E-state index is 0. The van der Waals surface area contributed by atoms with E-state index in [2.05, 4.69) is 0 Å². The number of ketones is 4. The van der Waals surface area contributed by atoms with Crippen LogP contribution in [0.3, 0.4) is 0 Å². The highest BCUT2D eigenvalue weighted by atomic mass is 16.5. The van der Waals surface area contributed by atoms with E-state index in [0.717, 1.165) is 54.6 Å². The number of carbonyl (C=O) groups excluding carboxylic acids is 4. The second-order valence-corrected chi connectivity index (χ2v) is 20.2. The number of Topliss-reactive ketones (excluding diaryl/α,β-unsaturated/α-hetero) is 1. The van der Waals surface area contributed by atoms with Gasteiger partial charge in [0.05, 0.1) is 24.4 Å². The van der Waals surface area contributed by atoms with Crippen molar-refractivity contribution in [2.24, 2.45) is 0 Å². The molecule has 0 unspecified atom stereocenters. The highest BCUT2D eigenvalue weighted by Crippen LogP contribution is 2.47. The van der Waals surface area contributed by atoms with Gasteiger partial charge in [-0.3, -0.25) is 19.2 Å². The van der Waals surface area contributed by atoms with Gasteiger partial charge in [-0.15, -0.1) is 0 Å². The van der Waals surface area contributed by atoms with Crippen LogP contribution < -0.4 is 18.9 Å². The number of phenols is 13. The minimum atomic E-state index is -1.10. The molecule has 4 aliphatic heterocycles. The molecule has 0 fully saturated rings. The molecule has 456 valence electrons. The summed E-state index contributed by atoms with van der Waals surface area (Å²) >= 11 is 0. The largest absolute Gasteiger partial charge is 0.508 e. The summed E-state index contributed by atoms with van der Waals surface area (Å²) in [6.45, 7) is 0. The Balaban J connectivity index is 0.000000150. The van der Waals surface area contributed by atoms with E-state index in [0.29, 0.717) is 33.4 Å². The Morgan fingerprint density at radius 2 is 0.690 bits per heavy atom. The number of fused-ring (bicyclic) bond motifs is 4. The van der Waals surface area contributed by atoms with E-state index < -0.39 is 95.0 Å². The summed E-state index contributed by atoms with van der Waals surface area (Å²) in [5.74, 6) is -6.84. The third-order valence-electron chi connectivity index (χ3n) is 14.2. The average molecular weight is 1210 g/mol. The number of carbonyl (C=O) groups is 4. The molecule has 6 aliphatic rings. The quantitative estimate of drug-likeness (QED) is 0.0685. The third kappa shape index (κ3) is 13.1. The van der Waals surface area contributed by atoms with Gasteiger partial charge in [0.25, 0.3) is 5.78 Å². The lowest BCUT2D eigenvalue weighted by Gasteiger charge is -2.32. The first-order chi connectivity index (χ1) is 40.6. The molecule has 4 heterocycles. The van der Waals surface area contributed by atoms with Crippen molar-refractivity contribution in [2.45, 2.75) is 74.5 Å². The van der Waals surface area contributed by atoms with Crippen LogP contribution >= 0.6 is 0 Å². The molecule has 0 bridgehead atoms. The molecule has 0 radical (unpaired) electrons. The van der Waals surface area contributed by atoms with Gasteiger partial charge in [-0.1, -0.05) is 12.1 Å². The van der Waals surface area contributed by atoms with Crippen LogP contribution in [0.15, 0.2) is 126 Å². The second kappa shape index (κ2) is 24.8. The van der Waals surface area contributed by atoms with Crippen molar-refractivity contribution < 1.29 is 136 Å². The number of aliphatic hydroxyl groups is 5. The molecule has 0 aromatic heterocycles. The standard InChI is InChI=1S/C15H14O7.C15H12O7.C15H14O6.C15H12O6.H2O/c2*16-7-3-9(17)8-5-12(20)15(22-13(8)4-7)6-1-10(18)14(21)11(19)2-6;2*16-8-4-11(18)9-6-13(20)15(21-14(9)5-8)7-1-2-10(17)12(19)3-7;/h1-4,12,15-21H,5H2;1-4,12,15-18,20H,5H2;1-5,13,15-20H,6H2;1-5,13,15-16,18,20H,6H2;1H2/t2*12-,15-;2*13-,15-;/m1111./s1. The third-order valence-corrected chi connectivity index (χ3v) is 14.2. The molecule has 8 atom stereocenters. The number of rotatable bonds is 4. The van der Waals surface area contributed by atoms with Crippen LogP contribution in [-0.4, -0.2) is 157 Å². The lowest BCUT2D eigenvalue weighted by Crippen LogP contribution is -2.40. The van der Waals surface area contributed by atoms with Crippen molar-refractivity contribution in [2.75, 3.05) is 0 Å². The number of aromatic hydroxyl groups is 13. The fraction of sp³-hybridized carbons (Fsp3) is 0.200. The minimum Gasteiger partial charge on any atom is -0.508 e. The molecule has 20 N–H and O–H groups in total. The number of ether oxygens (including phenoxy) is 4. The fourth-order valence-electron chi connectivity index (χ4n) is 9.98. The zero-order chi connectivity index (χ0) is 62.3. The van der Waals surface area contributed by atoms with E-state index in [1.165, 1.54) is 54.6 Å². The predicted octanol–water partition coefficient (Wildman–Crippen LogP) is 2.65. The maximum absolute atomic E-state index is 11.5. The molecule has 6 aromatic carbocycles. The Hall–Kier alpha value is -10.8. The van der Waals surface area contributed by atoms with Crippen LogP contribution in [0.1, 0.15) is 45.6 Å². The maximum Gasteiger partial charge on any atom is 0.267 e. The summed E-state index contributed by atoms with van der Waals surface area (Å²) in [4.78, 5) is 45.3. The maximum atomic E-state index is 11.5. The van der Waals surface area contributed by atoms with Crippen LogP contribution in [0, 0.1) is 0 Å². The fourth-order valence-corrected chi connectivity index (χ4v) is 9.98. The van der Waals surface area contributed by atoms with E-state index >= 15 is 0 Å². The molecule has 0 saturated heterocycles. The van der Waals surface area contributed by atoms with E-state index in [1.54, 1.807) is 0 Å². The molecule has 87 heavy (non-hydrogen) atoms. The van der Waals surface area contributed by atoms with Gasteiger partial charge in [-0.2, -0.15) is 0 Å². The van der Waals surface area contributed by atoms with Crippen LogP contribution in [0.5, 0.6) is 97.7 Å². The van der Waals surface area contributed by atoms with Crippen molar-refractivity contribution in [3.63, 3.8) is 0 Å². The van der Waals surface area contributed by atoms with Gasteiger partial charge < -0.3 is 116 Å². The number of allylic oxidation sites excluding steroid dienone is 4. The summed E-state index contributed by atoms with van der Waals surface area (Å²) in [7, 11) is 0. The molecule has 0 spiro atoms. The Bertz CT molecular complexity index is 3860. The molecule has 27 heteroatoms. The SMILES string of the molecule is O.O=C1C=C([C@H]2Oc3cc(O)cc(O)c3C[C@H]2O)C=C(O)C1=O.O=C1C=CC([C@H]2Oc3cc(O)cc(O)c3C[C@H]2O)=CC1=O.Oc1cc(O)c2c(c1)O[C@H](c1cc(O)c(O)c(O)c1)[C@H](O)C2.Oc1cc(O)c2c(c1)O[C@H](c1ccc(O)c(O)c1)[C@H](O)C2. The van der Waals surface area contributed by atoms with Gasteiger partial charge >= 0.3 is 0 Å². The van der Waals surface area contributed by atoms with E-state index in [9.17, 15) is 111 Å². The highest BCUT2D eigenvalue weighted by molar-refractivity contribution is 6.48. The first-order valence-corrected chi connectivity index (χ1v) is 25.7. The summed E-state index contributed by atoms with van der Waals surface area (Å²) in [5, 5.41) is 174. The number of phenolic OH excluding ortho intramolecular Hbond substituents is 13. The lowest BCUT2D eigenvalue weighted by atomic mass is 9.90. The Labute approximate surface area is 489 Å². The van der Waals surface area contributed by atoms with E-state index in [4.69, 9.17) is 18.9 Å². The van der Waals surface area contributed by atoms with Gasteiger partial charge in [0.15, 0.2) is 46.7 Å². The van der Waals surface area contributed by atoms with Gasteiger partial charge in [0, 0.05) is 108 Å². The zero-order valence-electron chi connectivity index (χ0n) is 44.7. The number of hydrogen-bond acceptors (Lipinski definition) is 26. The topological polar surface area (TPSA) is 501 Å². The van der Waals surface area contributed by atoms with Crippen molar-refractivity contribution in [3.05, 3.63) is 160 Å². The molecule has 0 amide bonds. The van der Waals surface area contributed by atoms with Crippen LogP contribution in [0.2, 0.25) is 0 Å². The van der Waals surface area contributed by atoms with Crippen molar-refractivity contribution in [1.82, 2.24) is 0 Å². The summed E-state index contributed by atoms with van der Waals surface area (Å²) in [5.41, 5.74) is 2.73. The van der Waals surface area contributed by atoms with Crippen LogP contribution in [0.4, 0.5) is 0 Å². The van der Waals surface area contributed by atoms with Gasteiger partial charge in [-0.05, 0) is 59.7 Å². The van der Waals surface area contributed by atoms with Gasteiger partial charge in [0.1, 0.15) is 81.2 Å². The number of aliphatic hydroxyl groups excluding tert-OH is 5. The zero-order valence-corrected chi connectivity index (χ0v) is 44.7. The van der Waals surface area contributed by atoms with E-state index in [1.807, 2.05) is 0 Å². The molecule has 0 saturated carbocycles. The Kier molecular flexibility index (Phi) is 17.7. The number of hydrogen-bond donors (Lipinski definition) is 18. The molecule has 2 aliphatic carbocycles.